The van der Waals surface area contributed by atoms with Crippen LogP contribution >= 0.6 is 0 Å². The van der Waals surface area contributed by atoms with E-state index in [9.17, 15) is 5.11 Å². The average Bonchev–Trinajstić information content (AvgIpc) is 1.89. The lowest BCUT2D eigenvalue weighted by Gasteiger charge is -2.22. The fraction of sp³-hybridized carbons (Fsp3) is 0.875. The summed E-state index contributed by atoms with van der Waals surface area (Å²) in [7, 11) is 0. The van der Waals surface area contributed by atoms with Gasteiger partial charge in [0.15, 0.2) is 0 Å². The highest BCUT2D eigenvalue weighted by atomic mass is 16.3. The summed E-state index contributed by atoms with van der Waals surface area (Å²) in [6, 6.07) is 1.99. The maximum absolute atomic E-state index is 9.60. The van der Waals surface area contributed by atoms with Gasteiger partial charge < -0.3 is 5.11 Å². The molecule has 0 aromatic carbocycles. The summed E-state index contributed by atoms with van der Waals surface area (Å²) in [5.41, 5.74) is -0.719. The Labute approximate surface area is 62.5 Å². The highest BCUT2D eigenvalue weighted by molar-refractivity contribution is 4.87. The summed E-state index contributed by atoms with van der Waals surface area (Å²) in [6.45, 7) is 3.92. The zero-order valence-corrected chi connectivity index (χ0v) is 6.72. The number of rotatable bonds is 4. The lowest BCUT2D eigenvalue weighted by atomic mass is 9.92. The monoisotopic (exact) mass is 141 g/mol. The molecule has 1 N–H and O–H groups in total. The zero-order chi connectivity index (χ0) is 8.04. The SMILES string of the molecule is CCCC(O)(CC)CC#N. The van der Waals surface area contributed by atoms with Crippen LogP contribution in [0.5, 0.6) is 0 Å². The standard InChI is InChI=1S/C8H15NO/c1-3-5-8(10,4-2)6-7-9/h10H,3-6H2,1-2H3. The Morgan fingerprint density at radius 2 is 2.10 bits per heavy atom. The van der Waals surface area contributed by atoms with Crippen molar-refractivity contribution in [1.29, 1.82) is 5.26 Å². The van der Waals surface area contributed by atoms with E-state index in [-0.39, 0.29) is 6.42 Å². The van der Waals surface area contributed by atoms with Gasteiger partial charge in [-0.25, -0.2) is 0 Å². The second-order valence-electron chi connectivity index (χ2n) is 2.66. The molecule has 1 atom stereocenters. The third-order valence-electron chi connectivity index (χ3n) is 1.78. The molecular weight excluding hydrogens is 126 g/mol. The van der Waals surface area contributed by atoms with Crippen LogP contribution in [0.15, 0.2) is 0 Å². The number of hydrogen-bond acceptors (Lipinski definition) is 2. The molecule has 0 amide bonds. The lowest BCUT2D eigenvalue weighted by Crippen LogP contribution is -2.26. The van der Waals surface area contributed by atoms with Crippen LogP contribution in [0.3, 0.4) is 0 Å². The van der Waals surface area contributed by atoms with Gasteiger partial charge in [-0.05, 0) is 12.8 Å². The molecule has 0 bridgehead atoms. The van der Waals surface area contributed by atoms with E-state index in [0.717, 1.165) is 12.8 Å². The summed E-state index contributed by atoms with van der Waals surface area (Å²) in [5, 5.41) is 17.9. The third kappa shape index (κ3) is 2.84. The minimum atomic E-state index is -0.719. The molecule has 0 heterocycles. The highest BCUT2D eigenvalue weighted by Crippen LogP contribution is 2.20. The molecule has 1 unspecified atom stereocenters. The van der Waals surface area contributed by atoms with Crippen molar-refractivity contribution < 1.29 is 5.11 Å². The van der Waals surface area contributed by atoms with Crippen molar-refractivity contribution in [3.8, 4) is 6.07 Å². The maximum Gasteiger partial charge on any atom is 0.0774 e. The van der Waals surface area contributed by atoms with E-state index in [1.165, 1.54) is 0 Å². The second kappa shape index (κ2) is 4.29. The molecule has 10 heavy (non-hydrogen) atoms. The maximum atomic E-state index is 9.60. The van der Waals surface area contributed by atoms with Crippen LogP contribution in [-0.4, -0.2) is 10.7 Å². The van der Waals surface area contributed by atoms with Gasteiger partial charge in [0.05, 0.1) is 18.1 Å². The lowest BCUT2D eigenvalue weighted by molar-refractivity contribution is 0.0314. The molecule has 0 rings (SSSR count). The first-order chi connectivity index (χ1) is 4.68. The van der Waals surface area contributed by atoms with Crippen LogP contribution in [0.4, 0.5) is 0 Å². The molecule has 58 valence electrons. The van der Waals surface area contributed by atoms with Crippen molar-refractivity contribution >= 4 is 0 Å². The van der Waals surface area contributed by atoms with Crippen LogP contribution in [0, 0.1) is 11.3 Å². The van der Waals surface area contributed by atoms with Gasteiger partial charge in [-0.1, -0.05) is 20.3 Å². The van der Waals surface area contributed by atoms with Crippen molar-refractivity contribution in [2.45, 2.75) is 45.1 Å². The van der Waals surface area contributed by atoms with Crippen molar-refractivity contribution in [2.24, 2.45) is 0 Å². The third-order valence-corrected chi connectivity index (χ3v) is 1.78. The predicted molar refractivity (Wildman–Crippen MR) is 40.4 cm³/mol. The van der Waals surface area contributed by atoms with Gasteiger partial charge in [0, 0.05) is 0 Å². The number of nitrogens with zero attached hydrogens (tertiary/aromatic N) is 1. The first-order valence-corrected chi connectivity index (χ1v) is 3.78. The minimum absolute atomic E-state index is 0.261. The van der Waals surface area contributed by atoms with E-state index in [4.69, 9.17) is 5.26 Å². The van der Waals surface area contributed by atoms with Crippen molar-refractivity contribution in [3.63, 3.8) is 0 Å². The van der Waals surface area contributed by atoms with E-state index < -0.39 is 5.60 Å². The normalized spacial score (nSPS) is 15.8. The Hall–Kier alpha value is -0.550. The smallest absolute Gasteiger partial charge is 0.0774 e. The largest absolute Gasteiger partial charge is 0.389 e. The summed E-state index contributed by atoms with van der Waals surface area (Å²) in [4.78, 5) is 0. The van der Waals surface area contributed by atoms with Gasteiger partial charge in [-0.2, -0.15) is 5.26 Å². The van der Waals surface area contributed by atoms with Gasteiger partial charge in [0.2, 0.25) is 0 Å². The summed E-state index contributed by atoms with van der Waals surface area (Å²) in [5.74, 6) is 0. The zero-order valence-electron chi connectivity index (χ0n) is 6.72. The molecule has 0 aliphatic rings. The van der Waals surface area contributed by atoms with E-state index in [1.807, 2.05) is 19.9 Å². The van der Waals surface area contributed by atoms with Gasteiger partial charge in [-0.15, -0.1) is 0 Å². The molecule has 0 saturated carbocycles. The van der Waals surface area contributed by atoms with E-state index >= 15 is 0 Å². The molecule has 2 heteroatoms. The molecule has 0 aromatic rings. The quantitative estimate of drug-likeness (QED) is 0.649. The predicted octanol–water partition coefficient (Wildman–Crippen LogP) is 1.84. The number of nitriles is 1. The molecular formula is C8H15NO. The Kier molecular flexibility index (Phi) is 4.06. The van der Waals surface area contributed by atoms with Gasteiger partial charge >= 0.3 is 0 Å². The molecule has 0 aliphatic heterocycles. The number of aliphatic hydroxyl groups is 1. The average molecular weight is 141 g/mol. The van der Waals surface area contributed by atoms with Crippen LogP contribution < -0.4 is 0 Å². The summed E-state index contributed by atoms with van der Waals surface area (Å²) >= 11 is 0. The Bertz CT molecular complexity index is 128. The Morgan fingerprint density at radius 1 is 1.50 bits per heavy atom. The Morgan fingerprint density at radius 3 is 2.40 bits per heavy atom. The number of hydrogen-bond donors (Lipinski definition) is 1. The summed E-state index contributed by atoms with van der Waals surface area (Å²) < 4.78 is 0. The highest BCUT2D eigenvalue weighted by Gasteiger charge is 2.22. The van der Waals surface area contributed by atoms with Crippen molar-refractivity contribution in [3.05, 3.63) is 0 Å². The molecule has 0 fully saturated rings. The van der Waals surface area contributed by atoms with Crippen molar-refractivity contribution in [1.82, 2.24) is 0 Å². The topological polar surface area (TPSA) is 44.0 Å². The minimum Gasteiger partial charge on any atom is -0.389 e. The molecule has 0 aliphatic carbocycles. The molecule has 0 spiro atoms. The van der Waals surface area contributed by atoms with Gasteiger partial charge in [0.25, 0.3) is 0 Å². The first-order valence-electron chi connectivity index (χ1n) is 3.78. The first kappa shape index (κ1) is 9.45. The molecule has 0 aromatic heterocycles. The van der Waals surface area contributed by atoms with E-state index in [1.54, 1.807) is 0 Å². The van der Waals surface area contributed by atoms with E-state index in [2.05, 4.69) is 0 Å². The fourth-order valence-corrected chi connectivity index (χ4v) is 1.00. The van der Waals surface area contributed by atoms with Crippen LogP contribution in [0.1, 0.15) is 39.5 Å². The molecule has 0 saturated heterocycles. The fourth-order valence-electron chi connectivity index (χ4n) is 1.00. The van der Waals surface area contributed by atoms with Crippen molar-refractivity contribution in [2.75, 3.05) is 0 Å². The van der Waals surface area contributed by atoms with E-state index in [0.29, 0.717) is 6.42 Å². The second-order valence-corrected chi connectivity index (χ2v) is 2.66. The van der Waals surface area contributed by atoms with Crippen LogP contribution in [0.2, 0.25) is 0 Å². The molecule has 2 nitrogen and oxygen atoms in total. The summed E-state index contributed by atoms with van der Waals surface area (Å²) in [6.07, 6.45) is 2.61. The van der Waals surface area contributed by atoms with Crippen LogP contribution in [0.25, 0.3) is 0 Å². The van der Waals surface area contributed by atoms with Crippen LogP contribution in [-0.2, 0) is 0 Å². The Balaban J connectivity index is 3.84. The molecule has 0 radical (unpaired) electrons. The van der Waals surface area contributed by atoms with Gasteiger partial charge in [-0.3, -0.25) is 0 Å². The van der Waals surface area contributed by atoms with Gasteiger partial charge in [0.1, 0.15) is 0 Å².